The molecule has 0 fully saturated rings. The minimum Gasteiger partial charge on any atom is -0.497 e. The van der Waals surface area contributed by atoms with Gasteiger partial charge >= 0.3 is 0 Å². The maximum Gasteiger partial charge on any atom is 0.275 e. The second kappa shape index (κ2) is 6.89. The van der Waals surface area contributed by atoms with Crippen LogP contribution in [0.3, 0.4) is 0 Å². The molecule has 2 aromatic heterocycles. The van der Waals surface area contributed by atoms with Crippen LogP contribution in [-0.2, 0) is 0 Å². The molecule has 0 bridgehead atoms. The molecule has 7 heteroatoms. The van der Waals surface area contributed by atoms with Gasteiger partial charge in [0.1, 0.15) is 11.4 Å². The average molecular weight is 326 g/mol. The first-order valence-electron chi connectivity index (χ1n) is 6.82. The summed E-state index contributed by atoms with van der Waals surface area (Å²) in [6.07, 6.45) is 3.39. The summed E-state index contributed by atoms with van der Waals surface area (Å²) >= 11 is 1.36. The summed E-state index contributed by atoms with van der Waals surface area (Å²) in [5.41, 5.74) is 1.83. The van der Waals surface area contributed by atoms with Crippen molar-refractivity contribution in [2.75, 3.05) is 17.7 Å². The van der Waals surface area contributed by atoms with E-state index in [1.165, 1.54) is 11.3 Å². The lowest BCUT2D eigenvalue weighted by molar-refractivity contribution is 0.102. The van der Waals surface area contributed by atoms with Crippen LogP contribution >= 0.6 is 11.3 Å². The summed E-state index contributed by atoms with van der Waals surface area (Å²) in [7, 11) is 1.58. The second-order valence-electron chi connectivity index (χ2n) is 4.59. The van der Waals surface area contributed by atoms with Gasteiger partial charge in [-0.3, -0.25) is 9.78 Å². The number of hydrogen-bond donors (Lipinski definition) is 2. The quantitative estimate of drug-likeness (QED) is 0.750. The minimum absolute atomic E-state index is 0.270. The van der Waals surface area contributed by atoms with Crippen LogP contribution in [0, 0.1) is 0 Å². The summed E-state index contributed by atoms with van der Waals surface area (Å²) in [5.74, 6) is 0.411. The monoisotopic (exact) mass is 326 g/mol. The molecule has 0 radical (unpaired) electrons. The zero-order valence-corrected chi connectivity index (χ0v) is 13.1. The second-order valence-corrected chi connectivity index (χ2v) is 5.45. The normalized spacial score (nSPS) is 10.1. The number of carbonyl (C=O) groups excluding carboxylic acids is 1. The van der Waals surface area contributed by atoms with Crippen molar-refractivity contribution in [1.29, 1.82) is 0 Å². The molecule has 0 aliphatic heterocycles. The highest BCUT2D eigenvalue weighted by molar-refractivity contribution is 7.14. The van der Waals surface area contributed by atoms with E-state index < -0.39 is 0 Å². The van der Waals surface area contributed by atoms with E-state index in [2.05, 4.69) is 20.6 Å². The van der Waals surface area contributed by atoms with Crippen molar-refractivity contribution in [3.05, 3.63) is 59.9 Å². The molecular weight excluding hydrogens is 312 g/mol. The summed E-state index contributed by atoms with van der Waals surface area (Å²) in [6.45, 7) is 0. The van der Waals surface area contributed by atoms with Gasteiger partial charge in [-0.25, -0.2) is 4.98 Å². The molecule has 2 N–H and O–H groups in total. The molecule has 0 saturated carbocycles. The smallest absolute Gasteiger partial charge is 0.275 e. The lowest BCUT2D eigenvalue weighted by atomic mass is 10.3. The van der Waals surface area contributed by atoms with Gasteiger partial charge in [0.05, 0.1) is 19.0 Å². The van der Waals surface area contributed by atoms with Crippen molar-refractivity contribution in [3.63, 3.8) is 0 Å². The number of hydrogen-bond acceptors (Lipinski definition) is 6. The molecule has 0 unspecified atom stereocenters. The third-order valence-electron chi connectivity index (χ3n) is 2.98. The Labute approximate surface area is 137 Å². The van der Waals surface area contributed by atoms with Gasteiger partial charge in [-0.05, 0) is 24.3 Å². The number of aromatic nitrogens is 2. The number of methoxy groups -OCH3 is 1. The van der Waals surface area contributed by atoms with E-state index in [1.807, 2.05) is 24.3 Å². The average Bonchev–Trinajstić information content (AvgIpc) is 3.04. The zero-order chi connectivity index (χ0) is 16.1. The Morgan fingerprint density at radius 3 is 2.87 bits per heavy atom. The molecule has 23 heavy (non-hydrogen) atoms. The van der Waals surface area contributed by atoms with E-state index in [1.54, 1.807) is 37.0 Å². The highest BCUT2D eigenvalue weighted by Crippen LogP contribution is 2.22. The zero-order valence-electron chi connectivity index (χ0n) is 12.3. The molecule has 1 amide bonds. The van der Waals surface area contributed by atoms with E-state index in [-0.39, 0.29) is 5.91 Å². The third kappa shape index (κ3) is 3.83. The van der Waals surface area contributed by atoms with Gasteiger partial charge in [-0.15, -0.1) is 11.3 Å². The van der Waals surface area contributed by atoms with E-state index >= 15 is 0 Å². The topological polar surface area (TPSA) is 76.1 Å². The molecule has 3 aromatic rings. The number of pyridine rings is 1. The summed E-state index contributed by atoms with van der Waals surface area (Å²) in [4.78, 5) is 20.5. The predicted octanol–water partition coefficient (Wildman–Crippen LogP) is 3.54. The molecule has 6 nitrogen and oxygen atoms in total. The maximum atomic E-state index is 12.2. The van der Waals surface area contributed by atoms with Gasteiger partial charge in [-0.1, -0.05) is 6.07 Å². The van der Waals surface area contributed by atoms with Crippen LogP contribution in [0.25, 0.3) is 0 Å². The number of nitrogens with one attached hydrogen (secondary N) is 2. The van der Waals surface area contributed by atoms with Gasteiger partial charge in [0.15, 0.2) is 5.13 Å². The third-order valence-corrected chi connectivity index (χ3v) is 3.73. The molecule has 0 atom stereocenters. The first kappa shape index (κ1) is 15.0. The van der Waals surface area contributed by atoms with Crippen molar-refractivity contribution in [1.82, 2.24) is 9.97 Å². The Balaban J connectivity index is 1.68. The minimum atomic E-state index is -0.270. The molecule has 0 spiro atoms. The molecule has 3 rings (SSSR count). The van der Waals surface area contributed by atoms with Crippen LogP contribution in [0.4, 0.5) is 16.5 Å². The standard InChI is InChI=1S/C16H14N4O2S/c1-22-13-6-2-4-11(8-13)18-15(21)14-10-23-16(20-14)19-12-5-3-7-17-9-12/h2-10H,1H3,(H,18,21)(H,19,20). The van der Waals surface area contributed by atoms with Crippen LogP contribution < -0.4 is 15.4 Å². The molecule has 116 valence electrons. The molecule has 0 aliphatic carbocycles. The molecular formula is C16H14N4O2S. The highest BCUT2D eigenvalue weighted by Gasteiger charge is 2.11. The van der Waals surface area contributed by atoms with Crippen LogP contribution in [-0.4, -0.2) is 23.0 Å². The SMILES string of the molecule is COc1cccc(NC(=O)c2csc(Nc3cccnc3)n2)c1. The van der Waals surface area contributed by atoms with Gasteiger partial charge in [0.2, 0.25) is 0 Å². The molecule has 0 aliphatic rings. The summed E-state index contributed by atoms with van der Waals surface area (Å²) < 4.78 is 5.13. The fourth-order valence-electron chi connectivity index (χ4n) is 1.89. The Hall–Kier alpha value is -2.93. The Kier molecular flexibility index (Phi) is 4.49. The maximum absolute atomic E-state index is 12.2. The van der Waals surface area contributed by atoms with E-state index in [4.69, 9.17) is 4.74 Å². The number of carbonyl (C=O) groups is 1. The van der Waals surface area contributed by atoms with Crippen molar-refractivity contribution in [2.24, 2.45) is 0 Å². The van der Waals surface area contributed by atoms with Crippen LogP contribution in [0.1, 0.15) is 10.5 Å². The highest BCUT2D eigenvalue weighted by atomic mass is 32.1. The number of anilines is 3. The largest absolute Gasteiger partial charge is 0.497 e. The lowest BCUT2D eigenvalue weighted by Gasteiger charge is -2.05. The van der Waals surface area contributed by atoms with Crippen LogP contribution in [0.2, 0.25) is 0 Å². The van der Waals surface area contributed by atoms with Crippen molar-refractivity contribution < 1.29 is 9.53 Å². The number of amides is 1. The van der Waals surface area contributed by atoms with Crippen LogP contribution in [0.5, 0.6) is 5.75 Å². The van der Waals surface area contributed by atoms with Gasteiger partial charge in [-0.2, -0.15) is 0 Å². The fraction of sp³-hybridized carbons (Fsp3) is 0.0625. The first-order valence-corrected chi connectivity index (χ1v) is 7.70. The van der Waals surface area contributed by atoms with Crippen molar-refractivity contribution in [3.8, 4) is 5.75 Å². The molecule has 1 aromatic carbocycles. The number of ether oxygens (including phenoxy) is 1. The fourth-order valence-corrected chi connectivity index (χ4v) is 2.60. The van der Waals surface area contributed by atoms with Crippen LogP contribution in [0.15, 0.2) is 54.2 Å². The van der Waals surface area contributed by atoms with E-state index in [0.29, 0.717) is 22.3 Å². The number of thiazole rings is 1. The lowest BCUT2D eigenvalue weighted by Crippen LogP contribution is -2.12. The number of benzene rings is 1. The summed E-state index contributed by atoms with van der Waals surface area (Å²) in [6, 6.07) is 10.9. The Morgan fingerprint density at radius 1 is 1.22 bits per heavy atom. The Bertz CT molecular complexity index is 805. The number of rotatable bonds is 5. The molecule has 0 saturated heterocycles. The van der Waals surface area contributed by atoms with Crippen molar-refractivity contribution >= 4 is 33.8 Å². The van der Waals surface area contributed by atoms with Gasteiger partial charge in [0, 0.05) is 23.3 Å². The number of nitrogens with zero attached hydrogens (tertiary/aromatic N) is 2. The van der Waals surface area contributed by atoms with E-state index in [9.17, 15) is 4.79 Å². The van der Waals surface area contributed by atoms with Gasteiger partial charge in [0.25, 0.3) is 5.91 Å². The summed E-state index contributed by atoms with van der Waals surface area (Å²) in [5, 5.41) is 8.24. The van der Waals surface area contributed by atoms with Crippen molar-refractivity contribution in [2.45, 2.75) is 0 Å². The van der Waals surface area contributed by atoms with E-state index in [0.717, 1.165) is 5.69 Å². The van der Waals surface area contributed by atoms with Gasteiger partial charge < -0.3 is 15.4 Å². The molecule has 2 heterocycles. The Morgan fingerprint density at radius 2 is 2.09 bits per heavy atom. The predicted molar refractivity (Wildman–Crippen MR) is 90.6 cm³/mol. The first-order chi connectivity index (χ1) is 11.2.